The maximum absolute atomic E-state index is 10.8. The van der Waals surface area contributed by atoms with E-state index in [1.54, 1.807) is 6.08 Å². The van der Waals surface area contributed by atoms with Gasteiger partial charge in [0.2, 0.25) is 0 Å². The van der Waals surface area contributed by atoms with Crippen LogP contribution in [0, 0.1) is 0 Å². The second kappa shape index (κ2) is 4.13. The molecule has 1 fully saturated rings. The average Bonchev–Trinajstić information content (AvgIpc) is 2.80. The Bertz CT molecular complexity index is 159. The van der Waals surface area contributed by atoms with Gasteiger partial charge in [-0.2, -0.15) is 0 Å². The first-order valence-corrected chi connectivity index (χ1v) is 3.78. The van der Waals surface area contributed by atoms with Crippen LogP contribution in [-0.2, 0) is 14.3 Å². The molecule has 1 rings (SSSR count). The normalized spacial score (nSPS) is 22.1. The zero-order chi connectivity index (χ0) is 8.10. The van der Waals surface area contributed by atoms with Crippen molar-refractivity contribution in [3.05, 3.63) is 12.2 Å². The van der Waals surface area contributed by atoms with Gasteiger partial charge in [0.1, 0.15) is 12.7 Å². The largest absolute Gasteiger partial charge is 0.460 e. The van der Waals surface area contributed by atoms with E-state index in [9.17, 15) is 4.79 Å². The predicted octanol–water partition coefficient (Wildman–Crippen LogP) is 0.895. The molecule has 0 spiro atoms. The van der Waals surface area contributed by atoms with Crippen molar-refractivity contribution in [1.82, 2.24) is 0 Å². The highest BCUT2D eigenvalue weighted by Crippen LogP contribution is 2.08. The number of rotatable bonds is 4. The Morgan fingerprint density at radius 2 is 2.55 bits per heavy atom. The molecule has 0 N–H and O–H groups in total. The van der Waals surface area contributed by atoms with Gasteiger partial charge >= 0.3 is 5.97 Å². The first-order chi connectivity index (χ1) is 5.33. The van der Waals surface area contributed by atoms with E-state index in [-0.39, 0.29) is 12.1 Å². The van der Waals surface area contributed by atoms with Crippen LogP contribution in [-0.4, -0.2) is 25.3 Å². The molecule has 0 aromatic heterocycles. The Morgan fingerprint density at radius 3 is 3.09 bits per heavy atom. The van der Waals surface area contributed by atoms with E-state index < -0.39 is 0 Å². The highest BCUT2D eigenvalue weighted by molar-refractivity contribution is 5.81. The molecule has 3 nitrogen and oxygen atoms in total. The predicted molar refractivity (Wildman–Crippen MR) is 40.1 cm³/mol. The lowest BCUT2D eigenvalue weighted by atomic mass is 10.4. The van der Waals surface area contributed by atoms with Gasteiger partial charge in [0.25, 0.3) is 0 Å². The lowest BCUT2D eigenvalue weighted by Gasteiger charge is -1.95. The summed E-state index contributed by atoms with van der Waals surface area (Å²) in [5.74, 6) is -0.276. The fraction of sp³-hybridized carbons (Fsp3) is 0.625. The van der Waals surface area contributed by atoms with Gasteiger partial charge in [0, 0.05) is 6.08 Å². The maximum atomic E-state index is 10.8. The Balaban J connectivity index is 2.04. The number of carbonyl (C=O) groups is 1. The van der Waals surface area contributed by atoms with E-state index in [4.69, 9.17) is 9.47 Å². The summed E-state index contributed by atoms with van der Waals surface area (Å²) in [6, 6.07) is 0. The van der Waals surface area contributed by atoms with E-state index in [0.717, 1.165) is 13.0 Å². The van der Waals surface area contributed by atoms with Crippen LogP contribution in [0.2, 0.25) is 0 Å². The third kappa shape index (κ3) is 3.78. The Hall–Kier alpha value is -0.830. The highest BCUT2D eigenvalue weighted by atomic mass is 16.6. The minimum Gasteiger partial charge on any atom is -0.460 e. The number of hydrogen-bond donors (Lipinski definition) is 0. The van der Waals surface area contributed by atoms with Gasteiger partial charge in [-0.05, 0) is 6.42 Å². The van der Waals surface area contributed by atoms with Crippen LogP contribution in [0.25, 0.3) is 0 Å². The maximum Gasteiger partial charge on any atom is 0.330 e. The quantitative estimate of drug-likeness (QED) is 0.345. The zero-order valence-corrected chi connectivity index (χ0v) is 6.58. The molecule has 62 valence electrons. The van der Waals surface area contributed by atoms with Gasteiger partial charge in [0.05, 0.1) is 6.61 Å². The first-order valence-electron chi connectivity index (χ1n) is 3.78. The first kappa shape index (κ1) is 8.27. The average molecular weight is 156 g/mol. The van der Waals surface area contributed by atoms with Gasteiger partial charge in [-0.3, -0.25) is 0 Å². The Kier molecular flexibility index (Phi) is 3.11. The number of esters is 1. The van der Waals surface area contributed by atoms with Gasteiger partial charge < -0.3 is 9.47 Å². The standard InChI is InChI=1S/C8H12O3/c1-2-3-4-8(9)11-6-7-5-10-7/h3-4,7H,2,5-6H2,1H3/b4-3+. The smallest absolute Gasteiger partial charge is 0.330 e. The van der Waals surface area contributed by atoms with Crippen molar-refractivity contribution in [1.29, 1.82) is 0 Å². The number of epoxide rings is 1. The molecule has 0 aromatic carbocycles. The molecule has 0 aromatic rings. The molecular formula is C8H12O3. The van der Waals surface area contributed by atoms with Crippen molar-refractivity contribution in [2.24, 2.45) is 0 Å². The van der Waals surface area contributed by atoms with E-state index in [1.807, 2.05) is 6.92 Å². The number of hydrogen-bond acceptors (Lipinski definition) is 3. The van der Waals surface area contributed by atoms with E-state index in [1.165, 1.54) is 6.08 Å². The monoisotopic (exact) mass is 156 g/mol. The summed E-state index contributed by atoms with van der Waals surface area (Å²) in [5, 5.41) is 0. The van der Waals surface area contributed by atoms with Crippen LogP contribution in [0.5, 0.6) is 0 Å². The molecule has 1 heterocycles. The van der Waals surface area contributed by atoms with Crippen LogP contribution in [0.1, 0.15) is 13.3 Å². The summed E-state index contributed by atoms with van der Waals surface area (Å²) >= 11 is 0. The Labute approximate surface area is 66.0 Å². The topological polar surface area (TPSA) is 38.8 Å². The molecule has 1 saturated heterocycles. The molecule has 1 aliphatic heterocycles. The second-order valence-electron chi connectivity index (χ2n) is 2.40. The fourth-order valence-electron chi connectivity index (χ4n) is 0.602. The fourth-order valence-corrected chi connectivity index (χ4v) is 0.602. The van der Waals surface area contributed by atoms with Crippen LogP contribution >= 0.6 is 0 Å². The lowest BCUT2D eigenvalue weighted by molar-refractivity contribution is -0.138. The van der Waals surface area contributed by atoms with Gasteiger partial charge in [0.15, 0.2) is 0 Å². The lowest BCUT2D eigenvalue weighted by Crippen LogP contribution is -2.06. The molecule has 3 heteroatoms. The minimum atomic E-state index is -0.276. The summed E-state index contributed by atoms with van der Waals surface area (Å²) in [7, 11) is 0. The minimum absolute atomic E-state index is 0.161. The van der Waals surface area contributed by atoms with Crippen molar-refractivity contribution in [3.8, 4) is 0 Å². The zero-order valence-electron chi connectivity index (χ0n) is 6.58. The summed E-state index contributed by atoms with van der Waals surface area (Å²) in [6.45, 7) is 3.09. The van der Waals surface area contributed by atoms with E-state index >= 15 is 0 Å². The molecule has 11 heavy (non-hydrogen) atoms. The van der Waals surface area contributed by atoms with Gasteiger partial charge in [-0.15, -0.1) is 0 Å². The van der Waals surface area contributed by atoms with Crippen molar-refractivity contribution >= 4 is 5.97 Å². The highest BCUT2D eigenvalue weighted by Gasteiger charge is 2.23. The molecule has 0 bridgehead atoms. The third-order valence-corrected chi connectivity index (χ3v) is 1.30. The van der Waals surface area contributed by atoms with Gasteiger partial charge in [-0.1, -0.05) is 13.0 Å². The molecule has 0 saturated carbocycles. The SMILES string of the molecule is CC/C=C/C(=O)OCC1CO1. The van der Waals surface area contributed by atoms with Crippen molar-refractivity contribution in [2.75, 3.05) is 13.2 Å². The molecule has 0 aliphatic carbocycles. The van der Waals surface area contributed by atoms with Crippen LogP contribution in [0.15, 0.2) is 12.2 Å². The summed E-state index contributed by atoms with van der Waals surface area (Å²) in [5.41, 5.74) is 0. The number of allylic oxidation sites excluding steroid dienone is 1. The second-order valence-corrected chi connectivity index (χ2v) is 2.40. The van der Waals surface area contributed by atoms with E-state index in [0.29, 0.717) is 6.61 Å². The Morgan fingerprint density at radius 1 is 1.82 bits per heavy atom. The third-order valence-electron chi connectivity index (χ3n) is 1.30. The summed E-state index contributed by atoms with van der Waals surface area (Å²) in [4.78, 5) is 10.8. The number of carbonyl (C=O) groups excluding carboxylic acids is 1. The molecule has 1 aliphatic rings. The number of ether oxygens (including phenoxy) is 2. The van der Waals surface area contributed by atoms with Gasteiger partial charge in [-0.25, -0.2) is 4.79 Å². The van der Waals surface area contributed by atoms with Crippen LogP contribution in [0.3, 0.4) is 0 Å². The molecular weight excluding hydrogens is 144 g/mol. The van der Waals surface area contributed by atoms with Crippen LogP contribution in [0.4, 0.5) is 0 Å². The van der Waals surface area contributed by atoms with Crippen molar-refractivity contribution < 1.29 is 14.3 Å². The summed E-state index contributed by atoms with van der Waals surface area (Å²) in [6.07, 6.45) is 4.24. The van der Waals surface area contributed by atoms with E-state index in [2.05, 4.69) is 0 Å². The molecule has 1 atom stereocenters. The molecule has 1 unspecified atom stereocenters. The molecule has 0 amide bonds. The molecule has 0 radical (unpaired) electrons. The van der Waals surface area contributed by atoms with Crippen LogP contribution < -0.4 is 0 Å². The van der Waals surface area contributed by atoms with Crippen molar-refractivity contribution in [3.63, 3.8) is 0 Å². The summed E-state index contributed by atoms with van der Waals surface area (Å²) < 4.78 is 9.68. The van der Waals surface area contributed by atoms with Crippen molar-refractivity contribution in [2.45, 2.75) is 19.4 Å².